The second-order valence-corrected chi connectivity index (χ2v) is 9.01. The lowest BCUT2D eigenvalue weighted by Gasteiger charge is -2.32. The van der Waals surface area contributed by atoms with Crippen LogP contribution in [-0.4, -0.2) is 32.5 Å². The SMILES string of the molecule is O=Nc1ccc2c(c1)CCCN2c1ccc(CS(=O)(=O)O)cc1S(=O)(=O)O. The summed E-state index contributed by atoms with van der Waals surface area (Å²) in [6.07, 6.45) is 1.35. The smallest absolute Gasteiger partial charge is 0.296 e. The zero-order valence-corrected chi connectivity index (χ0v) is 15.6. The molecule has 1 heterocycles. The number of hydrogen-bond donors (Lipinski definition) is 2. The Hall–Kier alpha value is -2.34. The first kappa shape index (κ1) is 19.4. The van der Waals surface area contributed by atoms with Gasteiger partial charge in [0.05, 0.1) is 5.69 Å². The first-order chi connectivity index (χ1) is 12.6. The molecule has 3 rings (SSSR count). The van der Waals surface area contributed by atoms with Crippen LogP contribution in [0.5, 0.6) is 0 Å². The Bertz CT molecular complexity index is 1110. The minimum atomic E-state index is -4.66. The van der Waals surface area contributed by atoms with Gasteiger partial charge in [-0.15, -0.1) is 4.91 Å². The van der Waals surface area contributed by atoms with Crippen LogP contribution in [0.3, 0.4) is 0 Å². The van der Waals surface area contributed by atoms with Crippen LogP contribution >= 0.6 is 0 Å². The van der Waals surface area contributed by atoms with Crippen molar-refractivity contribution in [1.29, 1.82) is 0 Å². The third kappa shape index (κ3) is 4.33. The van der Waals surface area contributed by atoms with Gasteiger partial charge in [-0.25, -0.2) is 0 Å². The van der Waals surface area contributed by atoms with Crippen molar-refractivity contribution in [3.63, 3.8) is 0 Å². The molecule has 0 atom stereocenters. The van der Waals surface area contributed by atoms with E-state index in [2.05, 4.69) is 5.18 Å². The van der Waals surface area contributed by atoms with Gasteiger partial charge in [-0.3, -0.25) is 9.11 Å². The van der Waals surface area contributed by atoms with Gasteiger partial charge in [-0.05, 0) is 59.5 Å². The number of rotatable bonds is 5. The van der Waals surface area contributed by atoms with Crippen LogP contribution in [0, 0.1) is 4.91 Å². The third-order valence-electron chi connectivity index (χ3n) is 4.23. The van der Waals surface area contributed by atoms with Crippen molar-refractivity contribution >= 4 is 37.3 Å². The lowest BCUT2D eigenvalue weighted by Crippen LogP contribution is -2.26. The van der Waals surface area contributed by atoms with Gasteiger partial charge in [0.2, 0.25) is 0 Å². The highest BCUT2D eigenvalue weighted by Crippen LogP contribution is 2.38. The van der Waals surface area contributed by atoms with Gasteiger partial charge in [-0.2, -0.15) is 16.8 Å². The molecule has 0 radical (unpaired) electrons. The zero-order chi connectivity index (χ0) is 19.8. The van der Waals surface area contributed by atoms with Crippen molar-refractivity contribution in [2.45, 2.75) is 23.5 Å². The zero-order valence-electron chi connectivity index (χ0n) is 13.9. The number of nitroso groups, excluding NO2 is 1. The number of hydrogen-bond acceptors (Lipinski definition) is 7. The Balaban J connectivity index is 2.14. The molecule has 0 amide bonds. The van der Waals surface area contributed by atoms with Crippen molar-refractivity contribution in [2.24, 2.45) is 5.18 Å². The lowest BCUT2D eigenvalue weighted by atomic mass is 10.00. The van der Waals surface area contributed by atoms with Crippen LogP contribution in [-0.2, 0) is 32.4 Å². The van der Waals surface area contributed by atoms with Crippen molar-refractivity contribution in [3.05, 3.63) is 52.4 Å². The average Bonchev–Trinajstić information content (AvgIpc) is 2.58. The van der Waals surface area contributed by atoms with Crippen LogP contribution in [0.2, 0.25) is 0 Å². The van der Waals surface area contributed by atoms with Crippen molar-refractivity contribution < 1.29 is 25.9 Å². The fourth-order valence-electron chi connectivity index (χ4n) is 3.18. The molecule has 2 aromatic carbocycles. The predicted octanol–water partition coefficient (Wildman–Crippen LogP) is 2.80. The van der Waals surface area contributed by atoms with Gasteiger partial charge in [0.15, 0.2) is 0 Å². The molecule has 0 bridgehead atoms. The van der Waals surface area contributed by atoms with E-state index in [1.54, 1.807) is 17.0 Å². The Morgan fingerprint density at radius 2 is 1.70 bits per heavy atom. The lowest BCUT2D eigenvalue weighted by molar-refractivity contribution is 0.478. The first-order valence-electron chi connectivity index (χ1n) is 7.88. The van der Waals surface area contributed by atoms with Crippen molar-refractivity contribution in [2.75, 3.05) is 11.4 Å². The van der Waals surface area contributed by atoms with E-state index >= 15 is 0 Å². The molecule has 2 N–H and O–H groups in total. The summed E-state index contributed by atoms with van der Waals surface area (Å²) >= 11 is 0. The van der Waals surface area contributed by atoms with Crippen LogP contribution in [0.15, 0.2) is 46.5 Å². The molecule has 0 aliphatic carbocycles. The van der Waals surface area contributed by atoms with Crippen LogP contribution in [0.1, 0.15) is 17.5 Å². The average molecular weight is 412 g/mol. The molecule has 0 saturated carbocycles. The summed E-state index contributed by atoms with van der Waals surface area (Å²) in [5.74, 6) is -0.777. The second-order valence-electron chi connectivity index (χ2n) is 6.16. The quantitative estimate of drug-likeness (QED) is 0.564. The summed E-state index contributed by atoms with van der Waals surface area (Å²) in [6, 6.07) is 8.54. The molecule has 1 aliphatic rings. The number of benzene rings is 2. The molecular weight excluding hydrogens is 396 g/mol. The maximum Gasteiger partial charge on any atom is 0.296 e. The Morgan fingerprint density at radius 3 is 2.33 bits per heavy atom. The number of nitrogens with zero attached hydrogens (tertiary/aromatic N) is 2. The van der Waals surface area contributed by atoms with Gasteiger partial charge < -0.3 is 4.90 Å². The monoisotopic (exact) mass is 412 g/mol. The fraction of sp³-hybridized carbons (Fsp3) is 0.250. The van der Waals surface area contributed by atoms with Gasteiger partial charge >= 0.3 is 0 Å². The van der Waals surface area contributed by atoms with Gasteiger partial charge in [0.1, 0.15) is 16.3 Å². The summed E-state index contributed by atoms with van der Waals surface area (Å²) < 4.78 is 64.5. The fourth-order valence-corrected chi connectivity index (χ4v) is 4.52. The third-order valence-corrected chi connectivity index (χ3v) is 5.81. The number of anilines is 2. The van der Waals surface area contributed by atoms with Crippen LogP contribution < -0.4 is 4.90 Å². The van der Waals surface area contributed by atoms with Crippen molar-refractivity contribution in [3.8, 4) is 0 Å². The highest BCUT2D eigenvalue weighted by molar-refractivity contribution is 7.86. The van der Waals surface area contributed by atoms with Gasteiger partial charge in [-0.1, -0.05) is 6.07 Å². The highest BCUT2D eigenvalue weighted by atomic mass is 32.2. The maximum atomic E-state index is 11.9. The van der Waals surface area contributed by atoms with E-state index in [-0.39, 0.29) is 16.9 Å². The molecule has 0 spiro atoms. The van der Waals surface area contributed by atoms with E-state index in [0.717, 1.165) is 11.6 Å². The molecule has 144 valence electrons. The molecular formula is C16H16N2O7S2. The molecule has 27 heavy (non-hydrogen) atoms. The van der Waals surface area contributed by atoms with Gasteiger partial charge in [0.25, 0.3) is 20.2 Å². The molecule has 2 aromatic rings. The molecule has 0 saturated heterocycles. The van der Waals surface area contributed by atoms with E-state index in [9.17, 15) is 26.3 Å². The minimum absolute atomic E-state index is 0.0200. The topological polar surface area (TPSA) is 141 Å². The normalized spacial score (nSPS) is 14.7. The maximum absolute atomic E-state index is 11.9. The number of aryl methyl sites for hydroxylation is 1. The van der Waals surface area contributed by atoms with E-state index < -0.39 is 30.9 Å². The number of fused-ring (bicyclic) bond motifs is 1. The van der Waals surface area contributed by atoms with E-state index in [1.165, 1.54) is 18.2 Å². The largest absolute Gasteiger partial charge is 0.340 e. The summed E-state index contributed by atoms with van der Waals surface area (Å²) in [7, 11) is -9.03. The Kier molecular flexibility index (Phi) is 5.04. The highest BCUT2D eigenvalue weighted by Gasteiger charge is 2.26. The van der Waals surface area contributed by atoms with Crippen LogP contribution in [0.4, 0.5) is 17.1 Å². The summed E-state index contributed by atoms with van der Waals surface area (Å²) in [6.45, 7) is 0.459. The second kappa shape index (κ2) is 7.00. The van der Waals surface area contributed by atoms with Crippen LogP contribution in [0.25, 0.3) is 0 Å². The van der Waals surface area contributed by atoms with Crippen molar-refractivity contribution in [1.82, 2.24) is 0 Å². The Labute approximate surface area is 156 Å². The van der Waals surface area contributed by atoms with E-state index in [0.29, 0.717) is 25.1 Å². The summed E-state index contributed by atoms with van der Waals surface area (Å²) in [5, 5.41) is 2.89. The molecule has 11 heteroatoms. The first-order valence-corrected chi connectivity index (χ1v) is 10.9. The van der Waals surface area contributed by atoms with E-state index in [4.69, 9.17) is 4.55 Å². The molecule has 1 aliphatic heterocycles. The molecule has 0 unspecified atom stereocenters. The Morgan fingerprint density at radius 1 is 1.00 bits per heavy atom. The standard InChI is InChI=1S/C16H16N2O7S2/c19-17-13-4-6-14-12(9-13)2-1-7-18(14)15-5-3-11(10-26(20,21)22)8-16(15)27(23,24)25/h3-6,8-9H,1-2,7,10H2,(H,20,21,22)(H,23,24,25). The molecule has 0 fully saturated rings. The van der Waals surface area contributed by atoms with Gasteiger partial charge in [0, 0.05) is 12.2 Å². The minimum Gasteiger partial charge on any atom is -0.340 e. The summed E-state index contributed by atoms with van der Waals surface area (Å²) in [5.41, 5.74) is 1.92. The molecule has 9 nitrogen and oxygen atoms in total. The van der Waals surface area contributed by atoms with E-state index in [1.807, 2.05) is 0 Å². The summed E-state index contributed by atoms with van der Waals surface area (Å²) in [4.78, 5) is 11.9. The predicted molar refractivity (Wildman–Crippen MR) is 98.7 cm³/mol. The molecule has 0 aromatic heterocycles.